The molecule has 2 rings (SSSR count). The lowest BCUT2D eigenvalue weighted by molar-refractivity contribution is -0.131. The van der Waals surface area contributed by atoms with Crippen LogP contribution in [0.2, 0.25) is 0 Å². The van der Waals surface area contributed by atoms with Crippen LogP contribution in [-0.4, -0.2) is 18.1 Å². The zero-order valence-electron chi connectivity index (χ0n) is 11.3. The van der Waals surface area contributed by atoms with E-state index < -0.39 is 11.8 Å². The van der Waals surface area contributed by atoms with Gasteiger partial charge >= 0.3 is 5.97 Å². The molecule has 0 amide bonds. The third-order valence-corrected chi connectivity index (χ3v) is 2.97. The van der Waals surface area contributed by atoms with Crippen molar-refractivity contribution in [2.45, 2.75) is 0 Å². The van der Waals surface area contributed by atoms with Gasteiger partial charge in [-0.1, -0.05) is 0 Å². The van der Waals surface area contributed by atoms with Gasteiger partial charge in [0.05, 0.1) is 0 Å². The van der Waals surface area contributed by atoms with Gasteiger partial charge in [0, 0.05) is 30.1 Å². The van der Waals surface area contributed by atoms with Crippen LogP contribution < -0.4 is 4.90 Å². The summed E-state index contributed by atoms with van der Waals surface area (Å²) in [7, 11) is 1.73. The SMILES string of the molecule is CN(c1ccc(F)cc1)c1ccc(F)cc1C=CC(=O)O. The highest BCUT2D eigenvalue weighted by atomic mass is 19.1. The van der Waals surface area contributed by atoms with E-state index in [0.717, 1.165) is 6.08 Å². The summed E-state index contributed by atoms with van der Waals surface area (Å²) in [5.41, 5.74) is 1.73. The van der Waals surface area contributed by atoms with E-state index in [-0.39, 0.29) is 5.82 Å². The van der Waals surface area contributed by atoms with Crippen molar-refractivity contribution in [2.75, 3.05) is 11.9 Å². The van der Waals surface area contributed by atoms with Gasteiger partial charge in [0.1, 0.15) is 11.6 Å². The maximum atomic E-state index is 13.3. The van der Waals surface area contributed by atoms with Crippen molar-refractivity contribution in [3.8, 4) is 0 Å². The maximum Gasteiger partial charge on any atom is 0.328 e. The Morgan fingerprint density at radius 2 is 1.71 bits per heavy atom. The molecular formula is C16H13F2NO2. The van der Waals surface area contributed by atoms with Gasteiger partial charge in [-0.2, -0.15) is 0 Å². The first-order valence-electron chi connectivity index (χ1n) is 6.17. The van der Waals surface area contributed by atoms with Crippen LogP contribution in [0.15, 0.2) is 48.5 Å². The summed E-state index contributed by atoms with van der Waals surface area (Å²) in [6, 6.07) is 9.89. The Bertz CT molecular complexity index is 681. The largest absolute Gasteiger partial charge is 0.478 e. The summed E-state index contributed by atoms with van der Waals surface area (Å²) in [6.07, 6.45) is 2.26. The first-order valence-corrected chi connectivity index (χ1v) is 6.17. The van der Waals surface area contributed by atoms with Crippen LogP contribution in [0, 0.1) is 11.6 Å². The zero-order chi connectivity index (χ0) is 15.4. The molecule has 0 heterocycles. The molecule has 0 atom stereocenters. The third-order valence-electron chi connectivity index (χ3n) is 2.97. The topological polar surface area (TPSA) is 40.5 Å². The van der Waals surface area contributed by atoms with Gasteiger partial charge in [0.2, 0.25) is 0 Å². The number of hydrogen-bond acceptors (Lipinski definition) is 2. The molecule has 21 heavy (non-hydrogen) atoms. The van der Waals surface area contributed by atoms with Gasteiger partial charge in [0.25, 0.3) is 0 Å². The smallest absolute Gasteiger partial charge is 0.328 e. The lowest BCUT2D eigenvalue weighted by atomic mass is 10.1. The van der Waals surface area contributed by atoms with E-state index in [1.807, 2.05) is 0 Å². The monoisotopic (exact) mass is 289 g/mol. The lowest BCUT2D eigenvalue weighted by Gasteiger charge is -2.21. The van der Waals surface area contributed by atoms with Gasteiger partial charge in [0.15, 0.2) is 0 Å². The normalized spacial score (nSPS) is 10.8. The van der Waals surface area contributed by atoms with Crippen molar-refractivity contribution >= 4 is 23.4 Å². The quantitative estimate of drug-likeness (QED) is 0.870. The Hall–Kier alpha value is -2.69. The molecule has 0 aliphatic heterocycles. The van der Waals surface area contributed by atoms with Crippen molar-refractivity contribution in [1.29, 1.82) is 0 Å². The first-order chi connectivity index (χ1) is 9.97. The van der Waals surface area contributed by atoms with Gasteiger partial charge in [-0.3, -0.25) is 0 Å². The Labute approximate surface area is 120 Å². The molecule has 5 heteroatoms. The van der Waals surface area contributed by atoms with Crippen LogP contribution in [0.25, 0.3) is 6.08 Å². The van der Waals surface area contributed by atoms with E-state index in [2.05, 4.69) is 0 Å². The second-order valence-corrected chi connectivity index (χ2v) is 4.41. The molecule has 0 aliphatic rings. The predicted octanol–water partition coefficient (Wildman–Crippen LogP) is 3.83. The minimum absolute atomic E-state index is 0.350. The molecular weight excluding hydrogens is 276 g/mol. The van der Waals surface area contributed by atoms with Crippen molar-refractivity contribution in [1.82, 2.24) is 0 Å². The molecule has 108 valence electrons. The van der Waals surface area contributed by atoms with E-state index in [4.69, 9.17) is 5.11 Å². The van der Waals surface area contributed by atoms with Gasteiger partial charge in [-0.05, 0) is 48.5 Å². The Balaban J connectivity index is 2.42. The number of carboxylic acid groups (broad SMARTS) is 1. The highest BCUT2D eigenvalue weighted by Gasteiger charge is 2.09. The fraction of sp³-hybridized carbons (Fsp3) is 0.0625. The van der Waals surface area contributed by atoms with E-state index >= 15 is 0 Å². The molecule has 0 aromatic heterocycles. The third kappa shape index (κ3) is 3.66. The number of aliphatic carboxylic acids is 1. The van der Waals surface area contributed by atoms with Crippen LogP contribution in [0.1, 0.15) is 5.56 Å². The van der Waals surface area contributed by atoms with Crippen molar-refractivity contribution in [3.05, 3.63) is 65.7 Å². The molecule has 3 nitrogen and oxygen atoms in total. The highest BCUT2D eigenvalue weighted by Crippen LogP contribution is 2.28. The number of rotatable bonds is 4. The average molecular weight is 289 g/mol. The summed E-state index contributed by atoms with van der Waals surface area (Å²) >= 11 is 0. The molecule has 2 aromatic carbocycles. The molecule has 0 fully saturated rings. The number of hydrogen-bond donors (Lipinski definition) is 1. The Morgan fingerprint density at radius 3 is 2.33 bits per heavy atom. The highest BCUT2D eigenvalue weighted by molar-refractivity contribution is 5.87. The van der Waals surface area contributed by atoms with E-state index in [1.165, 1.54) is 30.3 Å². The predicted molar refractivity (Wildman–Crippen MR) is 77.5 cm³/mol. The maximum absolute atomic E-state index is 13.3. The molecule has 0 saturated carbocycles. The fourth-order valence-electron chi connectivity index (χ4n) is 1.93. The number of benzene rings is 2. The lowest BCUT2D eigenvalue weighted by Crippen LogP contribution is -2.11. The summed E-state index contributed by atoms with van der Waals surface area (Å²) in [5.74, 6) is -1.93. The van der Waals surface area contributed by atoms with Gasteiger partial charge in [-0.25, -0.2) is 13.6 Å². The number of nitrogens with zero attached hydrogens (tertiary/aromatic N) is 1. The second-order valence-electron chi connectivity index (χ2n) is 4.41. The fourth-order valence-corrected chi connectivity index (χ4v) is 1.93. The molecule has 1 N–H and O–H groups in total. The Morgan fingerprint density at radius 1 is 1.10 bits per heavy atom. The standard InChI is InChI=1S/C16H13F2NO2/c1-19(14-6-3-12(17)4-7-14)15-8-5-13(18)10-11(15)2-9-16(20)21/h2-10H,1H3,(H,20,21). The molecule has 0 aliphatic carbocycles. The second kappa shape index (κ2) is 6.17. The minimum atomic E-state index is -1.12. The molecule has 0 saturated heterocycles. The number of carboxylic acids is 1. The van der Waals surface area contributed by atoms with E-state index in [0.29, 0.717) is 16.9 Å². The van der Waals surface area contributed by atoms with Crippen LogP contribution in [0.3, 0.4) is 0 Å². The summed E-state index contributed by atoms with van der Waals surface area (Å²) in [5, 5.41) is 8.69. The summed E-state index contributed by atoms with van der Waals surface area (Å²) < 4.78 is 26.3. The molecule has 0 unspecified atom stereocenters. The Kier molecular flexibility index (Phi) is 4.33. The van der Waals surface area contributed by atoms with Gasteiger partial charge in [-0.15, -0.1) is 0 Å². The van der Waals surface area contributed by atoms with Crippen LogP contribution >= 0.6 is 0 Å². The summed E-state index contributed by atoms with van der Waals surface area (Å²) in [4.78, 5) is 12.3. The molecule has 0 bridgehead atoms. The number of anilines is 2. The van der Waals surface area contributed by atoms with Gasteiger partial charge < -0.3 is 10.0 Å². The molecule has 0 spiro atoms. The van der Waals surface area contributed by atoms with Crippen molar-refractivity contribution in [2.24, 2.45) is 0 Å². The van der Waals surface area contributed by atoms with E-state index in [1.54, 1.807) is 30.1 Å². The molecule has 0 radical (unpaired) electrons. The van der Waals surface area contributed by atoms with Crippen LogP contribution in [-0.2, 0) is 4.79 Å². The zero-order valence-corrected chi connectivity index (χ0v) is 11.3. The van der Waals surface area contributed by atoms with E-state index in [9.17, 15) is 13.6 Å². The molecule has 2 aromatic rings. The average Bonchev–Trinajstić information content (AvgIpc) is 2.45. The first kappa shape index (κ1) is 14.7. The van der Waals surface area contributed by atoms with Crippen molar-refractivity contribution in [3.63, 3.8) is 0 Å². The van der Waals surface area contributed by atoms with Crippen molar-refractivity contribution < 1.29 is 18.7 Å². The minimum Gasteiger partial charge on any atom is -0.478 e. The number of carbonyl (C=O) groups is 1. The van der Waals surface area contributed by atoms with Crippen LogP contribution in [0.5, 0.6) is 0 Å². The van der Waals surface area contributed by atoms with Crippen LogP contribution in [0.4, 0.5) is 20.2 Å². The summed E-state index contributed by atoms with van der Waals surface area (Å²) in [6.45, 7) is 0. The number of halogens is 2.